The standard InChI is InChI=1S/C11H12N4O2/c16-8-3-1-7(2-4-8)15-10-9(14-11(15)17)5-12-6-13-10/h5-7H,1-4H2,(H,14,17). The van der Waals surface area contributed by atoms with E-state index >= 15 is 0 Å². The summed E-state index contributed by atoms with van der Waals surface area (Å²) < 4.78 is 1.66. The predicted octanol–water partition coefficient (Wildman–Crippen LogP) is 0.804. The molecule has 88 valence electrons. The molecule has 0 amide bonds. The van der Waals surface area contributed by atoms with Crippen molar-refractivity contribution < 1.29 is 4.79 Å². The smallest absolute Gasteiger partial charge is 0.303 e. The molecule has 1 aliphatic rings. The summed E-state index contributed by atoms with van der Waals surface area (Å²) in [5.41, 5.74) is 1.11. The molecule has 0 atom stereocenters. The normalized spacial score (nSPS) is 17.8. The molecule has 1 saturated carbocycles. The average molecular weight is 232 g/mol. The van der Waals surface area contributed by atoms with Gasteiger partial charge in [0.2, 0.25) is 0 Å². The minimum atomic E-state index is -0.167. The summed E-state index contributed by atoms with van der Waals surface area (Å²) >= 11 is 0. The summed E-state index contributed by atoms with van der Waals surface area (Å²) in [7, 11) is 0. The van der Waals surface area contributed by atoms with Crippen molar-refractivity contribution in [2.24, 2.45) is 0 Å². The maximum Gasteiger partial charge on any atom is 0.327 e. The lowest BCUT2D eigenvalue weighted by molar-refractivity contribution is -0.120. The molecule has 0 spiro atoms. The number of imidazole rings is 1. The maximum atomic E-state index is 11.9. The van der Waals surface area contributed by atoms with E-state index in [1.165, 1.54) is 6.33 Å². The number of carbonyl (C=O) groups is 1. The molecule has 3 rings (SSSR count). The van der Waals surface area contributed by atoms with Gasteiger partial charge < -0.3 is 4.98 Å². The van der Waals surface area contributed by atoms with Crippen molar-refractivity contribution in [2.45, 2.75) is 31.7 Å². The first-order valence-electron chi connectivity index (χ1n) is 5.67. The fourth-order valence-corrected chi connectivity index (χ4v) is 2.40. The van der Waals surface area contributed by atoms with Gasteiger partial charge in [0, 0.05) is 18.9 Å². The third kappa shape index (κ3) is 1.65. The molecule has 6 heteroatoms. The molecule has 1 N–H and O–H groups in total. The molecule has 0 bridgehead atoms. The Morgan fingerprint density at radius 1 is 1.29 bits per heavy atom. The maximum absolute atomic E-state index is 11.9. The second-order valence-electron chi connectivity index (χ2n) is 4.33. The minimum absolute atomic E-state index is 0.0730. The number of ketones is 1. The molecule has 0 saturated heterocycles. The molecular weight excluding hydrogens is 220 g/mol. The highest BCUT2D eigenvalue weighted by atomic mass is 16.1. The summed E-state index contributed by atoms with van der Waals surface area (Å²) in [5.74, 6) is 0.281. The van der Waals surface area contributed by atoms with E-state index in [4.69, 9.17) is 0 Å². The minimum Gasteiger partial charge on any atom is -0.303 e. The van der Waals surface area contributed by atoms with E-state index in [-0.39, 0.29) is 17.5 Å². The van der Waals surface area contributed by atoms with Crippen molar-refractivity contribution in [3.8, 4) is 0 Å². The molecule has 2 aromatic rings. The molecule has 0 aliphatic heterocycles. The van der Waals surface area contributed by atoms with Crippen LogP contribution in [0.1, 0.15) is 31.7 Å². The van der Waals surface area contributed by atoms with Gasteiger partial charge in [-0.15, -0.1) is 0 Å². The van der Waals surface area contributed by atoms with Gasteiger partial charge in [-0.05, 0) is 12.8 Å². The Morgan fingerprint density at radius 3 is 2.82 bits per heavy atom. The second-order valence-corrected chi connectivity index (χ2v) is 4.33. The lowest BCUT2D eigenvalue weighted by Crippen LogP contribution is -2.26. The van der Waals surface area contributed by atoms with Crippen LogP contribution in [0.4, 0.5) is 0 Å². The van der Waals surface area contributed by atoms with Gasteiger partial charge in [-0.1, -0.05) is 0 Å². The molecule has 2 heterocycles. The number of fused-ring (bicyclic) bond motifs is 1. The molecule has 2 aromatic heterocycles. The summed E-state index contributed by atoms with van der Waals surface area (Å²) in [5, 5.41) is 0. The van der Waals surface area contributed by atoms with Crippen molar-refractivity contribution >= 4 is 16.9 Å². The fraction of sp³-hybridized carbons (Fsp3) is 0.455. The number of rotatable bonds is 1. The first kappa shape index (κ1) is 10.2. The van der Waals surface area contributed by atoms with Gasteiger partial charge in [-0.25, -0.2) is 14.8 Å². The van der Waals surface area contributed by atoms with Crippen LogP contribution in [0, 0.1) is 0 Å². The number of hydrogen-bond acceptors (Lipinski definition) is 4. The van der Waals surface area contributed by atoms with Crippen LogP contribution in [-0.4, -0.2) is 25.3 Å². The van der Waals surface area contributed by atoms with E-state index in [1.807, 2.05) is 0 Å². The number of H-pyrrole nitrogens is 1. The summed E-state index contributed by atoms with van der Waals surface area (Å²) in [6.07, 6.45) is 5.56. The number of aromatic amines is 1. The number of nitrogens with one attached hydrogen (secondary N) is 1. The first-order valence-corrected chi connectivity index (χ1v) is 5.67. The monoisotopic (exact) mass is 232 g/mol. The predicted molar refractivity (Wildman–Crippen MR) is 60.7 cm³/mol. The van der Waals surface area contributed by atoms with Crippen LogP contribution in [0.15, 0.2) is 17.3 Å². The molecule has 17 heavy (non-hydrogen) atoms. The Kier molecular flexibility index (Phi) is 2.28. The van der Waals surface area contributed by atoms with Crippen LogP contribution in [0.25, 0.3) is 11.2 Å². The highest BCUT2D eigenvalue weighted by molar-refractivity contribution is 5.79. The summed E-state index contributed by atoms with van der Waals surface area (Å²) in [6.45, 7) is 0. The van der Waals surface area contributed by atoms with Crippen molar-refractivity contribution in [3.05, 3.63) is 23.0 Å². The van der Waals surface area contributed by atoms with Gasteiger partial charge in [0.05, 0.1) is 6.20 Å². The van der Waals surface area contributed by atoms with Gasteiger partial charge in [0.25, 0.3) is 0 Å². The van der Waals surface area contributed by atoms with Crippen LogP contribution < -0.4 is 5.69 Å². The van der Waals surface area contributed by atoms with E-state index in [2.05, 4.69) is 15.0 Å². The van der Waals surface area contributed by atoms with Gasteiger partial charge in [0.15, 0.2) is 5.65 Å². The van der Waals surface area contributed by atoms with Crippen LogP contribution in [-0.2, 0) is 4.79 Å². The summed E-state index contributed by atoms with van der Waals surface area (Å²) in [4.78, 5) is 33.8. The zero-order valence-corrected chi connectivity index (χ0v) is 9.22. The zero-order chi connectivity index (χ0) is 11.8. The van der Waals surface area contributed by atoms with Gasteiger partial charge in [-0.2, -0.15) is 0 Å². The van der Waals surface area contributed by atoms with Crippen molar-refractivity contribution in [1.29, 1.82) is 0 Å². The van der Waals surface area contributed by atoms with Crippen molar-refractivity contribution in [3.63, 3.8) is 0 Å². The Balaban J connectivity index is 2.08. The number of carbonyl (C=O) groups excluding carboxylic acids is 1. The number of nitrogens with zero attached hydrogens (tertiary/aromatic N) is 3. The Bertz CT molecular complexity index is 618. The SMILES string of the molecule is O=C1CCC(n2c(=O)[nH]c3cncnc32)CC1. The van der Waals surface area contributed by atoms with Gasteiger partial charge >= 0.3 is 5.69 Å². The molecule has 1 fully saturated rings. The largest absolute Gasteiger partial charge is 0.327 e. The Morgan fingerprint density at radius 2 is 2.06 bits per heavy atom. The quantitative estimate of drug-likeness (QED) is 0.788. The van der Waals surface area contributed by atoms with Crippen LogP contribution in [0.2, 0.25) is 0 Å². The van der Waals surface area contributed by atoms with E-state index in [1.54, 1.807) is 10.8 Å². The third-order valence-corrected chi connectivity index (χ3v) is 3.26. The first-order chi connectivity index (χ1) is 8.25. The Hall–Kier alpha value is -1.98. The van der Waals surface area contributed by atoms with Crippen LogP contribution in [0.3, 0.4) is 0 Å². The number of aromatic nitrogens is 4. The lowest BCUT2D eigenvalue weighted by Gasteiger charge is -2.21. The molecule has 0 aromatic carbocycles. The van der Waals surface area contributed by atoms with Gasteiger partial charge in [-0.3, -0.25) is 9.36 Å². The highest BCUT2D eigenvalue weighted by Crippen LogP contribution is 2.26. The van der Waals surface area contributed by atoms with Gasteiger partial charge in [0.1, 0.15) is 17.6 Å². The molecule has 6 nitrogen and oxygen atoms in total. The highest BCUT2D eigenvalue weighted by Gasteiger charge is 2.23. The van der Waals surface area contributed by atoms with Crippen molar-refractivity contribution in [1.82, 2.24) is 19.5 Å². The molecule has 0 radical (unpaired) electrons. The molecule has 0 unspecified atom stereocenters. The van der Waals surface area contributed by atoms with E-state index in [0.717, 1.165) is 12.8 Å². The Labute approximate surface area is 96.7 Å². The molecular formula is C11H12N4O2. The van der Waals surface area contributed by atoms with Crippen molar-refractivity contribution in [2.75, 3.05) is 0 Å². The second kappa shape index (κ2) is 3.80. The van der Waals surface area contributed by atoms with E-state index < -0.39 is 0 Å². The zero-order valence-electron chi connectivity index (χ0n) is 9.22. The van der Waals surface area contributed by atoms with Crippen LogP contribution in [0.5, 0.6) is 0 Å². The average Bonchev–Trinajstić information content (AvgIpc) is 2.66. The van der Waals surface area contributed by atoms with E-state index in [9.17, 15) is 9.59 Å². The lowest BCUT2D eigenvalue weighted by atomic mass is 9.94. The fourth-order valence-electron chi connectivity index (χ4n) is 2.40. The van der Waals surface area contributed by atoms with Crippen LogP contribution >= 0.6 is 0 Å². The van der Waals surface area contributed by atoms with E-state index in [0.29, 0.717) is 24.0 Å². The number of Topliss-reactive ketones (excluding diaryl/α,β-unsaturated/α-hetero) is 1. The topological polar surface area (TPSA) is 80.6 Å². The number of hydrogen-bond donors (Lipinski definition) is 1. The summed E-state index contributed by atoms with van der Waals surface area (Å²) in [6, 6.07) is 0.0730. The third-order valence-electron chi connectivity index (χ3n) is 3.26. The molecule has 1 aliphatic carbocycles.